The topological polar surface area (TPSA) is 44.5 Å². The first-order valence-electron chi connectivity index (χ1n) is 6.74. The van der Waals surface area contributed by atoms with Crippen LogP contribution < -0.4 is 5.73 Å². The van der Waals surface area contributed by atoms with Gasteiger partial charge in [-0.05, 0) is 19.3 Å². The highest BCUT2D eigenvalue weighted by atomic mass is 28.3. The van der Waals surface area contributed by atoms with E-state index in [4.69, 9.17) is 14.6 Å². The van der Waals surface area contributed by atoms with Crippen LogP contribution in [0.25, 0.3) is 0 Å². The molecule has 16 heavy (non-hydrogen) atoms. The first-order valence-corrected chi connectivity index (χ1v) is 8.35. The summed E-state index contributed by atoms with van der Waals surface area (Å²) in [6.07, 6.45) is 6.69. The second kappa shape index (κ2) is 11.6. The number of rotatable bonds is 11. The van der Waals surface area contributed by atoms with Crippen molar-refractivity contribution in [2.75, 3.05) is 13.2 Å². The Morgan fingerprint density at radius 2 is 1.44 bits per heavy atom. The molecule has 0 radical (unpaired) electrons. The minimum atomic E-state index is -1.63. The third-order valence-corrected chi connectivity index (χ3v) is 4.69. The summed E-state index contributed by atoms with van der Waals surface area (Å²) >= 11 is 0. The zero-order valence-corrected chi connectivity index (χ0v) is 12.4. The molecule has 0 aliphatic heterocycles. The zero-order chi connectivity index (χ0) is 12.2. The summed E-state index contributed by atoms with van der Waals surface area (Å²) < 4.78 is 11.7. The largest absolute Gasteiger partial charge is 0.396 e. The second-order valence-electron chi connectivity index (χ2n) is 4.27. The van der Waals surface area contributed by atoms with Gasteiger partial charge < -0.3 is 14.6 Å². The van der Waals surface area contributed by atoms with Crippen molar-refractivity contribution in [2.45, 2.75) is 65.0 Å². The smallest absolute Gasteiger partial charge is 0.338 e. The lowest BCUT2D eigenvalue weighted by atomic mass is 10.3. The summed E-state index contributed by atoms with van der Waals surface area (Å²) in [5.74, 6) is 0. The summed E-state index contributed by atoms with van der Waals surface area (Å²) in [6.45, 7) is 8.13. The molecule has 0 aromatic heterocycles. The number of hydrogen-bond acceptors (Lipinski definition) is 3. The molecule has 98 valence electrons. The highest BCUT2D eigenvalue weighted by Crippen LogP contribution is 2.04. The standard InChI is InChI=1S/C12H29NO2Si/c1-4-7-10-14-16(12(13)9-6-3)15-11-8-5-2/h12,16H,4-11,13H2,1-3H3. The summed E-state index contributed by atoms with van der Waals surface area (Å²) in [5, 5.41) is 0. The molecule has 2 N–H and O–H groups in total. The molecule has 0 rings (SSSR count). The first kappa shape index (κ1) is 16.1. The van der Waals surface area contributed by atoms with E-state index in [2.05, 4.69) is 20.8 Å². The van der Waals surface area contributed by atoms with Gasteiger partial charge >= 0.3 is 9.28 Å². The predicted molar refractivity (Wildman–Crippen MR) is 71.8 cm³/mol. The summed E-state index contributed by atoms with van der Waals surface area (Å²) in [5.41, 5.74) is 6.26. The predicted octanol–water partition coefficient (Wildman–Crippen LogP) is 2.51. The molecule has 0 saturated carbocycles. The lowest BCUT2D eigenvalue weighted by molar-refractivity contribution is 0.182. The molecule has 0 aliphatic carbocycles. The molecule has 0 aliphatic rings. The van der Waals surface area contributed by atoms with Gasteiger partial charge in [0.25, 0.3) is 0 Å². The lowest BCUT2D eigenvalue weighted by Crippen LogP contribution is -2.44. The summed E-state index contributed by atoms with van der Waals surface area (Å²) in [4.78, 5) is 0. The van der Waals surface area contributed by atoms with Gasteiger partial charge in [-0.25, -0.2) is 0 Å². The minimum absolute atomic E-state index is 0.152. The van der Waals surface area contributed by atoms with E-state index in [1.807, 2.05) is 0 Å². The van der Waals surface area contributed by atoms with Crippen LogP contribution in [0.4, 0.5) is 0 Å². The molecule has 0 aromatic rings. The fraction of sp³-hybridized carbons (Fsp3) is 1.00. The molecule has 0 spiro atoms. The number of nitrogens with two attached hydrogens (primary N) is 1. The number of unbranched alkanes of at least 4 members (excludes halogenated alkanes) is 2. The van der Waals surface area contributed by atoms with E-state index in [9.17, 15) is 0 Å². The van der Waals surface area contributed by atoms with Gasteiger partial charge in [-0.3, -0.25) is 0 Å². The molecular weight excluding hydrogens is 218 g/mol. The van der Waals surface area contributed by atoms with E-state index in [-0.39, 0.29) is 5.67 Å². The minimum Gasteiger partial charge on any atom is -0.396 e. The van der Waals surface area contributed by atoms with Crippen LogP contribution >= 0.6 is 0 Å². The van der Waals surface area contributed by atoms with Gasteiger partial charge in [-0.1, -0.05) is 40.0 Å². The third-order valence-electron chi connectivity index (χ3n) is 2.53. The molecule has 0 aromatic carbocycles. The van der Waals surface area contributed by atoms with E-state index in [0.717, 1.165) is 38.9 Å². The maximum absolute atomic E-state index is 6.10. The summed E-state index contributed by atoms with van der Waals surface area (Å²) in [6, 6.07) is 0. The SMILES string of the molecule is CCCCO[SiH](OCCCC)C(N)CCC. The lowest BCUT2D eigenvalue weighted by Gasteiger charge is -2.22. The van der Waals surface area contributed by atoms with Crippen LogP contribution in [-0.4, -0.2) is 28.2 Å². The van der Waals surface area contributed by atoms with Crippen LogP contribution in [0.2, 0.25) is 0 Å². The van der Waals surface area contributed by atoms with Crippen LogP contribution in [0.3, 0.4) is 0 Å². The van der Waals surface area contributed by atoms with E-state index >= 15 is 0 Å². The van der Waals surface area contributed by atoms with Crippen molar-refractivity contribution >= 4 is 9.28 Å². The molecule has 1 unspecified atom stereocenters. The molecule has 0 bridgehead atoms. The fourth-order valence-corrected chi connectivity index (χ4v) is 3.45. The quantitative estimate of drug-likeness (QED) is 0.451. The van der Waals surface area contributed by atoms with Gasteiger partial charge in [-0.2, -0.15) is 0 Å². The van der Waals surface area contributed by atoms with Gasteiger partial charge in [0, 0.05) is 18.9 Å². The van der Waals surface area contributed by atoms with Crippen molar-refractivity contribution in [3.8, 4) is 0 Å². The van der Waals surface area contributed by atoms with Crippen molar-refractivity contribution in [3.05, 3.63) is 0 Å². The first-order chi connectivity index (χ1) is 7.76. The summed E-state index contributed by atoms with van der Waals surface area (Å²) in [7, 11) is -1.63. The van der Waals surface area contributed by atoms with E-state index in [1.54, 1.807) is 0 Å². The monoisotopic (exact) mass is 247 g/mol. The van der Waals surface area contributed by atoms with Gasteiger partial charge in [0.2, 0.25) is 0 Å². The normalized spacial score (nSPS) is 13.3. The third kappa shape index (κ3) is 8.27. The maximum Gasteiger partial charge on any atom is 0.338 e. The van der Waals surface area contributed by atoms with Crippen LogP contribution in [0.15, 0.2) is 0 Å². The van der Waals surface area contributed by atoms with E-state index < -0.39 is 9.28 Å². The molecule has 0 amide bonds. The highest BCUT2D eigenvalue weighted by Gasteiger charge is 2.21. The Labute approximate surface area is 103 Å². The Kier molecular flexibility index (Phi) is 11.6. The van der Waals surface area contributed by atoms with Crippen LogP contribution in [0, 0.1) is 0 Å². The molecule has 0 saturated heterocycles. The Hall–Kier alpha value is 0.0969. The van der Waals surface area contributed by atoms with Crippen molar-refractivity contribution in [1.29, 1.82) is 0 Å². The second-order valence-corrected chi connectivity index (χ2v) is 6.53. The van der Waals surface area contributed by atoms with E-state index in [1.165, 1.54) is 12.8 Å². The van der Waals surface area contributed by atoms with Gasteiger partial charge in [0.1, 0.15) is 0 Å². The fourth-order valence-electron chi connectivity index (χ4n) is 1.45. The van der Waals surface area contributed by atoms with Crippen molar-refractivity contribution in [3.63, 3.8) is 0 Å². The van der Waals surface area contributed by atoms with Crippen molar-refractivity contribution < 1.29 is 8.85 Å². The molecule has 1 atom stereocenters. The van der Waals surface area contributed by atoms with Gasteiger partial charge in [-0.15, -0.1) is 0 Å². The van der Waals surface area contributed by atoms with Crippen LogP contribution in [0.1, 0.15) is 59.3 Å². The van der Waals surface area contributed by atoms with Crippen molar-refractivity contribution in [1.82, 2.24) is 0 Å². The molecule has 4 heteroatoms. The molecule has 0 heterocycles. The average Bonchev–Trinajstić information content (AvgIpc) is 2.28. The van der Waals surface area contributed by atoms with Crippen molar-refractivity contribution in [2.24, 2.45) is 5.73 Å². The Bertz CT molecular complexity index is 137. The Morgan fingerprint density at radius 1 is 0.938 bits per heavy atom. The number of hydrogen-bond donors (Lipinski definition) is 1. The highest BCUT2D eigenvalue weighted by molar-refractivity contribution is 6.46. The van der Waals surface area contributed by atoms with Gasteiger partial charge in [0.05, 0.1) is 0 Å². The molecule has 3 nitrogen and oxygen atoms in total. The Morgan fingerprint density at radius 3 is 1.81 bits per heavy atom. The Balaban J connectivity index is 3.84. The zero-order valence-electron chi connectivity index (χ0n) is 11.2. The van der Waals surface area contributed by atoms with Gasteiger partial charge in [0.15, 0.2) is 0 Å². The van der Waals surface area contributed by atoms with E-state index in [0.29, 0.717) is 0 Å². The molecule has 0 fully saturated rings. The average molecular weight is 247 g/mol. The van der Waals surface area contributed by atoms with Crippen LogP contribution in [0.5, 0.6) is 0 Å². The molecular formula is C12H29NO2Si. The maximum atomic E-state index is 6.10. The van der Waals surface area contributed by atoms with Crippen LogP contribution in [-0.2, 0) is 8.85 Å².